The Bertz CT molecular complexity index is 570. The minimum atomic E-state index is -0.563. The highest BCUT2D eigenvalue weighted by molar-refractivity contribution is 6.45. The van der Waals surface area contributed by atoms with Crippen molar-refractivity contribution in [3.8, 4) is 0 Å². The van der Waals surface area contributed by atoms with Crippen molar-refractivity contribution < 1.29 is 28.4 Å². The van der Waals surface area contributed by atoms with Crippen molar-refractivity contribution in [2.24, 2.45) is 11.8 Å². The van der Waals surface area contributed by atoms with E-state index in [1.54, 1.807) is 4.90 Å². The molecule has 0 aromatic heterocycles. The van der Waals surface area contributed by atoms with Gasteiger partial charge in [-0.3, -0.25) is 4.79 Å². The minimum absolute atomic E-state index is 0.0439. The fourth-order valence-corrected chi connectivity index (χ4v) is 3.69. The molecule has 0 aromatic rings. The van der Waals surface area contributed by atoms with Crippen molar-refractivity contribution in [3.05, 3.63) is 0 Å². The zero-order valence-electron chi connectivity index (χ0n) is 18.7. The van der Waals surface area contributed by atoms with Crippen LogP contribution in [0.4, 0.5) is 4.79 Å². The number of ether oxygens (including phenoxy) is 2. The lowest BCUT2D eigenvalue weighted by molar-refractivity contribution is -0.146. The molecule has 2 fully saturated rings. The summed E-state index contributed by atoms with van der Waals surface area (Å²) in [6.07, 6.45) is 2.01. The molecule has 0 aromatic carbocycles. The van der Waals surface area contributed by atoms with E-state index in [9.17, 15) is 9.59 Å². The second-order valence-electron chi connectivity index (χ2n) is 9.89. The topological polar surface area (TPSA) is 74.3 Å². The lowest BCUT2D eigenvalue weighted by Gasteiger charge is -2.32. The van der Waals surface area contributed by atoms with Crippen LogP contribution >= 0.6 is 0 Å². The summed E-state index contributed by atoms with van der Waals surface area (Å²) in [5.41, 5.74) is -1.24. The van der Waals surface area contributed by atoms with Crippen LogP contribution in [0.2, 0.25) is 6.32 Å². The molecular weight excluding hydrogens is 361 g/mol. The quantitative estimate of drug-likeness (QED) is 0.522. The maximum atomic E-state index is 12.4. The van der Waals surface area contributed by atoms with Gasteiger partial charge in [0.15, 0.2) is 0 Å². The standard InChI is InChI=1S/C20H36BNO6/c1-18(2,3)26-17(24)22-12-14(15(13-22)16(23)25-8)10-9-11-21-27-19(4,5)20(6,7)28-21/h14-15H,9-13H2,1-8H3. The molecule has 160 valence electrons. The van der Waals surface area contributed by atoms with E-state index in [0.29, 0.717) is 13.1 Å². The molecule has 2 heterocycles. The van der Waals surface area contributed by atoms with E-state index < -0.39 is 5.60 Å². The second-order valence-corrected chi connectivity index (χ2v) is 9.89. The van der Waals surface area contributed by atoms with Crippen molar-refractivity contribution in [2.45, 2.75) is 84.4 Å². The average Bonchev–Trinajstić information content (AvgIpc) is 3.04. The van der Waals surface area contributed by atoms with Crippen LogP contribution in [0.3, 0.4) is 0 Å². The van der Waals surface area contributed by atoms with Gasteiger partial charge in [0, 0.05) is 13.1 Å². The molecule has 2 rings (SSSR count). The first-order valence-electron chi connectivity index (χ1n) is 10.2. The van der Waals surface area contributed by atoms with Gasteiger partial charge in [-0.25, -0.2) is 4.79 Å². The Morgan fingerprint density at radius 2 is 1.68 bits per heavy atom. The van der Waals surface area contributed by atoms with E-state index in [0.717, 1.165) is 19.2 Å². The van der Waals surface area contributed by atoms with Gasteiger partial charge in [0.2, 0.25) is 0 Å². The van der Waals surface area contributed by atoms with Crippen LogP contribution < -0.4 is 0 Å². The molecule has 2 aliphatic rings. The van der Waals surface area contributed by atoms with Crippen molar-refractivity contribution in [2.75, 3.05) is 20.2 Å². The Morgan fingerprint density at radius 1 is 1.11 bits per heavy atom. The van der Waals surface area contributed by atoms with Gasteiger partial charge in [0.1, 0.15) is 5.60 Å². The highest BCUT2D eigenvalue weighted by Gasteiger charge is 2.50. The van der Waals surface area contributed by atoms with Crippen molar-refractivity contribution in [1.29, 1.82) is 0 Å². The summed E-state index contributed by atoms with van der Waals surface area (Å²) in [6.45, 7) is 14.5. The number of rotatable bonds is 5. The van der Waals surface area contributed by atoms with E-state index >= 15 is 0 Å². The molecule has 0 bridgehead atoms. The number of nitrogens with zero attached hydrogens (tertiary/aromatic N) is 1. The van der Waals surface area contributed by atoms with E-state index in [-0.39, 0.29) is 42.2 Å². The third kappa shape index (κ3) is 5.41. The Labute approximate surface area is 169 Å². The molecular formula is C20H36BNO6. The number of hydrogen-bond acceptors (Lipinski definition) is 6. The molecule has 2 unspecified atom stereocenters. The smallest absolute Gasteiger partial charge is 0.457 e. The van der Waals surface area contributed by atoms with E-state index in [2.05, 4.69) is 0 Å². The Kier molecular flexibility index (Phi) is 6.76. The summed E-state index contributed by atoms with van der Waals surface area (Å²) >= 11 is 0. The predicted molar refractivity (Wildman–Crippen MR) is 107 cm³/mol. The fourth-order valence-electron chi connectivity index (χ4n) is 3.69. The number of carbonyl (C=O) groups is 2. The van der Waals surface area contributed by atoms with E-state index in [1.807, 2.05) is 48.5 Å². The first kappa shape index (κ1) is 23.0. The summed E-state index contributed by atoms with van der Waals surface area (Å²) in [6, 6.07) is 0. The number of likely N-dealkylation sites (tertiary alicyclic amines) is 1. The third-order valence-electron chi connectivity index (χ3n) is 5.91. The molecule has 8 heteroatoms. The summed E-state index contributed by atoms with van der Waals surface area (Å²) in [7, 11) is 1.14. The fraction of sp³-hybridized carbons (Fsp3) is 0.900. The molecule has 2 atom stereocenters. The van der Waals surface area contributed by atoms with E-state index in [1.165, 1.54) is 7.11 Å². The first-order valence-corrected chi connectivity index (χ1v) is 10.2. The van der Waals surface area contributed by atoms with Gasteiger partial charge in [-0.15, -0.1) is 0 Å². The Morgan fingerprint density at radius 3 is 2.18 bits per heavy atom. The largest absolute Gasteiger partial charge is 0.469 e. The molecule has 0 spiro atoms. The van der Waals surface area contributed by atoms with Gasteiger partial charge in [0.25, 0.3) is 0 Å². The highest BCUT2D eigenvalue weighted by Crippen LogP contribution is 2.38. The van der Waals surface area contributed by atoms with Crippen LogP contribution in [-0.2, 0) is 23.6 Å². The highest BCUT2D eigenvalue weighted by atomic mass is 16.7. The maximum absolute atomic E-state index is 12.4. The zero-order valence-corrected chi connectivity index (χ0v) is 18.7. The predicted octanol–water partition coefficient (Wildman–Crippen LogP) is 3.51. The van der Waals surface area contributed by atoms with Crippen molar-refractivity contribution in [3.63, 3.8) is 0 Å². The molecule has 0 radical (unpaired) electrons. The van der Waals surface area contributed by atoms with Gasteiger partial charge >= 0.3 is 19.2 Å². The molecule has 1 amide bonds. The summed E-state index contributed by atoms with van der Waals surface area (Å²) in [4.78, 5) is 26.2. The number of methoxy groups -OCH3 is 1. The van der Waals surface area contributed by atoms with Crippen LogP contribution in [0.1, 0.15) is 61.3 Å². The lowest BCUT2D eigenvalue weighted by Crippen LogP contribution is -2.41. The monoisotopic (exact) mass is 397 g/mol. The SMILES string of the molecule is COC(=O)C1CN(C(=O)OC(C)(C)C)CC1CCCB1OC(C)(C)C(C)(C)O1. The lowest BCUT2D eigenvalue weighted by atomic mass is 9.79. The summed E-state index contributed by atoms with van der Waals surface area (Å²) in [5, 5.41) is 0. The van der Waals surface area contributed by atoms with E-state index in [4.69, 9.17) is 18.8 Å². The molecule has 2 saturated heterocycles. The van der Waals surface area contributed by atoms with Gasteiger partial charge in [-0.1, -0.05) is 6.42 Å². The zero-order chi connectivity index (χ0) is 21.3. The van der Waals surface area contributed by atoms with Crippen molar-refractivity contribution in [1.82, 2.24) is 4.90 Å². The first-order chi connectivity index (χ1) is 12.8. The molecule has 0 aliphatic carbocycles. The van der Waals surface area contributed by atoms with Gasteiger partial charge in [-0.05, 0) is 67.1 Å². The summed E-state index contributed by atoms with van der Waals surface area (Å²) in [5.74, 6) is -0.551. The molecule has 28 heavy (non-hydrogen) atoms. The van der Waals surface area contributed by atoms with Gasteiger partial charge < -0.3 is 23.7 Å². The van der Waals surface area contributed by atoms with Crippen LogP contribution in [0, 0.1) is 11.8 Å². The van der Waals surface area contributed by atoms with Gasteiger partial charge in [-0.2, -0.15) is 0 Å². The van der Waals surface area contributed by atoms with Crippen LogP contribution in [0.25, 0.3) is 0 Å². The molecule has 7 nitrogen and oxygen atoms in total. The normalized spacial score (nSPS) is 26.4. The minimum Gasteiger partial charge on any atom is -0.469 e. The number of esters is 1. The average molecular weight is 397 g/mol. The second kappa shape index (κ2) is 8.23. The molecule has 0 saturated carbocycles. The molecule has 0 N–H and O–H groups in total. The van der Waals surface area contributed by atoms with Crippen LogP contribution in [-0.4, -0.2) is 61.1 Å². The Hall–Kier alpha value is -1.28. The van der Waals surface area contributed by atoms with Crippen LogP contribution in [0.5, 0.6) is 0 Å². The maximum Gasteiger partial charge on any atom is 0.457 e. The van der Waals surface area contributed by atoms with Crippen LogP contribution in [0.15, 0.2) is 0 Å². The third-order valence-corrected chi connectivity index (χ3v) is 5.91. The number of carbonyl (C=O) groups excluding carboxylic acids is 2. The number of hydrogen-bond donors (Lipinski definition) is 0. The number of amides is 1. The summed E-state index contributed by atoms with van der Waals surface area (Å²) < 4.78 is 22.5. The molecule has 2 aliphatic heterocycles. The van der Waals surface area contributed by atoms with Crippen molar-refractivity contribution >= 4 is 19.2 Å². The Balaban J connectivity index is 1.91. The van der Waals surface area contributed by atoms with Gasteiger partial charge in [0.05, 0.1) is 24.2 Å².